The first-order chi connectivity index (χ1) is 14.6. The van der Waals surface area contributed by atoms with E-state index in [1.807, 2.05) is 0 Å². The minimum atomic E-state index is -0.984. The third kappa shape index (κ3) is 3.98. The van der Waals surface area contributed by atoms with E-state index < -0.39 is 29.5 Å². The number of fused-ring (bicyclic) bond motifs is 1. The maximum atomic E-state index is 12.4. The molecule has 3 amide bonds. The predicted molar refractivity (Wildman–Crippen MR) is 104 cm³/mol. The number of hydrogen-bond donors (Lipinski definition) is 0. The maximum absolute atomic E-state index is 12.4. The van der Waals surface area contributed by atoms with Crippen molar-refractivity contribution in [1.29, 1.82) is 0 Å². The average Bonchev–Trinajstić information content (AvgIpc) is 3.42. The molecule has 0 aliphatic carbocycles. The van der Waals surface area contributed by atoms with Crippen molar-refractivity contribution < 1.29 is 28.8 Å². The van der Waals surface area contributed by atoms with Crippen LogP contribution in [0.2, 0.25) is 0 Å². The fraction of sp³-hybridized carbons (Fsp3) is 0.400. The number of carbonyl (C=O) groups is 4. The number of nitrogens with zero attached hydrogens (tertiary/aromatic N) is 5. The summed E-state index contributed by atoms with van der Waals surface area (Å²) in [4.78, 5) is 55.8. The molecular weight excluding hydrogens is 406 g/mol. The van der Waals surface area contributed by atoms with E-state index in [4.69, 9.17) is 9.57 Å². The largest absolute Gasteiger partial charge is 0.444 e. The predicted octanol–water partition coefficient (Wildman–Crippen LogP) is 1.83. The molecule has 162 valence electrons. The molecule has 2 aromatic rings. The molecule has 1 saturated heterocycles. The SMILES string of the molecule is CC(C)(C)OC(=O)N1CCC(n2cc(C(=O)ON3C(=O)c4ccccc4C3=O)nn2)C1. The summed E-state index contributed by atoms with van der Waals surface area (Å²) in [6.07, 6.45) is 1.56. The van der Waals surface area contributed by atoms with Gasteiger partial charge in [0.25, 0.3) is 11.8 Å². The lowest BCUT2D eigenvalue weighted by atomic mass is 10.1. The highest BCUT2D eigenvalue weighted by Gasteiger charge is 2.39. The van der Waals surface area contributed by atoms with E-state index in [9.17, 15) is 19.2 Å². The van der Waals surface area contributed by atoms with Gasteiger partial charge in [0, 0.05) is 13.1 Å². The summed E-state index contributed by atoms with van der Waals surface area (Å²) in [6.45, 7) is 6.21. The van der Waals surface area contributed by atoms with Gasteiger partial charge in [-0.3, -0.25) is 9.59 Å². The highest BCUT2D eigenvalue weighted by Crippen LogP contribution is 2.25. The first-order valence-electron chi connectivity index (χ1n) is 9.74. The van der Waals surface area contributed by atoms with Crippen LogP contribution in [0.5, 0.6) is 0 Å². The van der Waals surface area contributed by atoms with Gasteiger partial charge in [0.05, 0.1) is 23.4 Å². The fourth-order valence-corrected chi connectivity index (χ4v) is 3.38. The number of rotatable bonds is 3. The first-order valence-corrected chi connectivity index (χ1v) is 9.74. The first kappa shape index (κ1) is 20.5. The molecule has 2 aliphatic heterocycles. The van der Waals surface area contributed by atoms with Crippen LogP contribution in [0, 0.1) is 0 Å². The van der Waals surface area contributed by atoms with Crippen molar-refractivity contribution >= 4 is 23.9 Å². The number of imide groups is 1. The summed E-state index contributed by atoms with van der Waals surface area (Å²) in [5.74, 6) is -2.42. The Labute approximate surface area is 177 Å². The van der Waals surface area contributed by atoms with Crippen LogP contribution in [-0.2, 0) is 9.57 Å². The molecule has 1 aromatic heterocycles. The van der Waals surface area contributed by atoms with Crippen LogP contribution in [0.3, 0.4) is 0 Å². The van der Waals surface area contributed by atoms with E-state index in [0.29, 0.717) is 24.6 Å². The van der Waals surface area contributed by atoms with Crippen LogP contribution in [0.4, 0.5) is 4.79 Å². The standard InChI is InChI=1S/C20H21N5O6/c1-20(2,3)30-19(29)23-9-8-12(10-23)24-11-15(21-22-24)18(28)31-25-16(26)13-6-4-5-7-14(13)17(25)27/h4-7,11-12H,8-10H2,1-3H3. The van der Waals surface area contributed by atoms with Gasteiger partial charge >= 0.3 is 12.1 Å². The molecule has 1 unspecified atom stereocenters. The fourth-order valence-electron chi connectivity index (χ4n) is 3.38. The van der Waals surface area contributed by atoms with Crippen molar-refractivity contribution in [3.05, 3.63) is 47.3 Å². The average molecular weight is 427 g/mol. The summed E-state index contributed by atoms with van der Waals surface area (Å²) in [6, 6.07) is 6.00. The monoisotopic (exact) mass is 427 g/mol. The van der Waals surface area contributed by atoms with E-state index in [0.717, 1.165) is 0 Å². The van der Waals surface area contributed by atoms with Crippen LogP contribution < -0.4 is 0 Å². The Bertz CT molecular complexity index is 1040. The normalized spacial score (nSPS) is 18.4. The minimum absolute atomic E-state index is 0.160. The lowest BCUT2D eigenvalue weighted by molar-refractivity contribution is -0.0588. The highest BCUT2D eigenvalue weighted by molar-refractivity contribution is 6.21. The van der Waals surface area contributed by atoms with Crippen molar-refractivity contribution in [2.24, 2.45) is 0 Å². The number of carbonyl (C=O) groups excluding carboxylic acids is 4. The summed E-state index contributed by atoms with van der Waals surface area (Å²) >= 11 is 0. The van der Waals surface area contributed by atoms with Crippen LogP contribution in [0.15, 0.2) is 30.5 Å². The van der Waals surface area contributed by atoms with Crippen molar-refractivity contribution in [2.75, 3.05) is 13.1 Å². The molecule has 0 bridgehead atoms. The van der Waals surface area contributed by atoms with E-state index >= 15 is 0 Å². The summed E-state index contributed by atoms with van der Waals surface area (Å²) in [7, 11) is 0. The molecular formula is C20H21N5O6. The van der Waals surface area contributed by atoms with Gasteiger partial charge in [0.1, 0.15) is 5.60 Å². The van der Waals surface area contributed by atoms with Crippen molar-refractivity contribution in [1.82, 2.24) is 25.0 Å². The van der Waals surface area contributed by atoms with E-state index in [-0.39, 0.29) is 22.9 Å². The number of hydrogen-bond acceptors (Lipinski definition) is 8. The molecule has 31 heavy (non-hydrogen) atoms. The lowest BCUT2D eigenvalue weighted by Gasteiger charge is -2.24. The zero-order chi connectivity index (χ0) is 22.3. The Morgan fingerprint density at radius 1 is 1.10 bits per heavy atom. The Morgan fingerprint density at radius 2 is 1.74 bits per heavy atom. The molecule has 0 saturated carbocycles. The van der Waals surface area contributed by atoms with Crippen LogP contribution in [-0.4, -0.2) is 67.5 Å². The second kappa shape index (κ2) is 7.49. The van der Waals surface area contributed by atoms with Gasteiger partial charge in [0.2, 0.25) is 0 Å². The number of ether oxygens (including phenoxy) is 1. The molecule has 11 nitrogen and oxygen atoms in total. The minimum Gasteiger partial charge on any atom is -0.444 e. The number of benzene rings is 1. The van der Waals surface area contributed by atoms with Crippen molar-refractivity contribution in [3.63, 3.8) is 0 Å². The van der Waals surface area contributed by atoms with Crippen molar-refractivity contribution in [2.45, 2.75) is 38.8 Å². The van der Waals surface area contributed by atoms with Crippen LogP contribution in [0.25, 0.3) is 0 Å². The number of hydroxylamine groups is 2. The summed E-state index contributed by atoms with van der Waals surface area (Å²) in [5, 5.41) is 8.15. The Balaban J connectivity index is 1.40. The third-order valence-electron chi connectivity index (χ3n) is 4.84. The Hall–Kier alpha value is -3.76. The lowest BCUT2D eigenvalue weighted by Crippen LogP contribution is -2.35. The zero-order valence-electron chi connectivity index (χ0n) is 17.3. The maximum Gasteiger partial charge on any atom is 0.410 e. The Morgan fingerprint density at radius 3 is 2.35 bits per heavy atom. The van der Waals surface area contributed by atoms with Crippen LogP contribution >= 0.6 is 0 Å². The van der Waals surface area contributed by atoms with Crippen molar-refractivity contribution in [3.8, 4) is 0 Å². The smallest absolute Gasteiger partial charge is 0.410 e. The van der Waals surface area contributed by atoms with Gasteiger partial charge in [-0.05, 0) is 39.3 Å². The van der Waals surface area contributed by atoms with Gasteiger partial charge in [-0.15, -0.1) is 5.10 Å². The molecule has 3 heterocycles. The van der Waals surface area contributed by atoms with Crippen LogP contribution in [0.1, 0.15) is 64.4 Å². The number of likely N-dealkylation sites (tertiary alicyclic amines) is 1. The van der Waals surface area contributed by atoms with E-state index in [2.05, 4.69) is 10.3 Å². The second-order valence-corrected chi connectivity index (χ2v) is 8.28. The molecule has 0 N–H and O–H groups in total. The topological polar surface area (TPSA) is 124 Å². The molecule has 11 heteroatoms. The van der Waals surface area contributed by atoms with Gasteiger partial charge in [-0.2, -0.15) is 0 Å². The number of amides is 3. The van der Waals surface area contributed by atoms with Gasteiger partial charge in [0.15, 0.2) is 5.69 Å². The summed E-state index contributed by atoms with van der Waals surface area (Å²) < 4.78 is 6.83. The van der Waals surface area contributed by atoms with E-state index in [1.54, 1.807) is 37.8 Å². The van der Waals surface area contributed by atoms with Gasteiger partial charge in [-0.25, -0.2) is 14.3 Å². The third-order valence-corrected chi connectivity index (χ3v) is 4.84. The van der Waals surface area contributed by atoms with Gasteiger partial charge in [-0.1, -0.05) is 22.4 Å². The quantitative estimate of drug-likeness (QED) is 0.680. The zero-order valence-corrected chi connectivity index (χ0v) is 17.3. The number of aromatic nitrogens is 3. The molecule has 0 spiro atoms. The molecule has 1 atom stereocenters. The highest BCUT2D eigenvalue weighted by atomic mass is 16.7. The molecule has 4 rings (SSSR count). The molecule has 2 aliphatic rings. The van der Waals surface area contributed by atoms with E-state index in [1.165, 1.54) is 23.0 Å². The van der Waals surface area contributed by atoms with Gasteiger partial charge < -0.3 is 14.5 Å². The molecule has 1 fully saturated rings. The summed E-state index contributed by atoms with van der Waals surface area (Å²) in [5.41, 5.74) is -0.426. The second-order valence-electron chi connectivity index (χ2n) is 8.28. The molecule has 0 radical (unpaired) electrons. The molecule has 1 aromatic carbocycles. The Kier molecular flexibility index (Phi) is 4.96.